The van der Waals surface area contributed by atoms with Crippen LogP contribution in [0.5, 0.6) is 0 Å². The van der Waals surface area contributed by atoms with Gasteiger partial charge in [0, 0.05) is 12.6 Å². The van der Waals surface area contributed by atoms with Crippen molar-refractivity contribution in [3.63, 3.8) is 0 Å². The lowest BCUT2D eigenvalue weighted by atomic mass is 9.96. The number of hydrogen-bond acceptors (Lipinski definition) is 1. The molecule has 0 spiro atoms. The van der Waals surface area contributed by atoms with E-state index in [9.17, 15) is 0 Å². The van der Waals surface area contributed by atoms with E-state index in [-0.39, 0.29) is 0 Å². The van der Waals surface area contributed by atoms with Gasteiger partial charge in [-0.15, -0.1) is 0 Å². The third-order valence-electron chi connectivity index (χ3n) is 2.48. The maximum atomic E-state index is 5.18. The Bertz CT molecular complexity index is 153. The highest BCUT2D eigenvalue weighted by atomic mass is 32.1. The van der Waals surface area contributed by atoms with E-state index in [1.165, 1.54) is 32.1 Å². The second-order valence-electron chi connectivity index (χ2n) is 3.74. The summed E-state index contributed by atoms with van der Waals surface area (Å²) in [5.41, 5.74) is 0. The Morgan fingerprint density at radius 2 is 2.00 bits per heavy atom. The Morgan fingerprint density at radius 3 is 2.62 bits per heavy atom. The van der Waals surface area contributed by atoms with Gasteiger partial charge < -0.3 is 10.6 Å². The van der Waals surface area contributed by atoms with Gasteiger partial charge in [-0.3, -0.25) is 0 Å². The van der Waals surface area contributed by atoms with Crippen LogP contribution in [0.4, 0.5) is 0 Å². The van der Waals surface area contributed by atoms with Crippen molar-refractivity contribution in [2.24, 2.45) is 0 Å². The summed E-state index contributed by atoms with van der Waals surface area (Å²) in [4.78, 5) is 0. The van der Waals surface area contributed by atoms with Crippen LogP contribution in [0.3, 0.4) is 0 Å². The summed E-state index contributed by atoms with van der Waals surface area (Å²) in [6.07, 6.45) is 7.81. The molecule has 76 valence electrons. The molecule has 0 unspecified atom stereocenters. The molecule has 0 bridgehead atoms. The molecule has 13 heavy (non-hydrogen) atoms. The van der Waals surface area contributed by atoms with E-state index in [0.717, 1.165) is 18.1 Å². The summed E-state index contributed by atoms with van der Waals surface area (Å²) in [7, 11) is 0. The van der Waals surface area contributed by atoms with Crippen LogP contribution < -0.4 is 10.6 Å². The molecule has 0 aliphatic heterocycles. The molecule has 0 aromatic heterocycles. The first-order valence-corrected chi connectivity index (χ1v) is 5.78. The molecule has 1 aliphatic carbocycles. The fourth-order valence-corrected chi connectivity index (χ4v) is 1.99. The molecule has 0 aromatic rings. The molecule has 0 atom stereocenters. The van der Waals surface area contributed by atoms with Gasteiger partial charge in [-0.2, -0.15) is 0 Å². The Kier molecular flexibility index (Phi) is 5.13. The fourth-order valence-electron chi connectivity index (χ4n) is 1.72. The largest absolute Gasteiger partial charge is 0.363 e. The van der Waals surface area contributed by atoms with Crippen molar-refractivity contribution in [1.29, 1.82) is 0 Å². The quantitative estimate of drug-likeness (QED) is 0.683. The van der Waals surface area contributed by atoms with Gasteiger partial charge in [0.15, 0.2) is 5.11 Å². The minimum absolute atomic E-state index is 0.630. The third-order valence-corrected chi connectivity index (χ3v) is 2.74. The van der Waals surface area contributed by atoms with Crippen molar-refractivity contribution in [3.8, 4) is 0 Å². The SMILES string of the molecule is CCCNC(=S)NC1CCCCC1. The maximum Gasteiger partial charge on any atom is 0.166 e. The van der Waals surface area contributed by atoms with Gasteiger partial charge in [-0.25, -0.2) is 0 Å². The fraction of sp³-hybridized carbons (Fsp3) is 0.900. The summed E-state index contributed by atoms with van der Waals surface area (Å²) in [5, 5.41) is 7.42. The van der Waals surface area contributed by atoms with Gasteiger partial charge >= 0.3 is 0 Å². The Morgan fingerprint density at radius 1 is 1.31 bits per heavy atom. The molecule has 0 amide bonds. The molecule has 1 aliphatic rings. The first kappa shape index (κ1) is 10.8. The molecule has 0 heterocycles. The molecule has 1 fully saturated rings. The molecular formula is C10H20N2S. The number of thiocarbonyl (C=S) groups is 1. The van der Waals surface area contributed by atoms with Gasteiger partial charge in [-0.05, 0) is 31.5 Å². The molecule has 2 N–H and O–H groups in total. The van der Waals surface area contributed by atoms with Crippen molar-refractivity contribution in [3.05, 3.63) is 0 Å². The van der Waals surface area contributed by atoms with Crippen molar-refractivity contribution in [2.75, 3.05) is 6.54 Å². The van der Waals surface area contributed by atoms with Crippen LogP contribution in [0.25, 0.3) is 0 Å². The smallest absolute Gasteiger partial charge is 0.166 e. The Balaban J connectivity index is 2.11. The predicted molar refractivity (Wildman–Crippen MR) is 60.9 cm³/mol. The van der Waals surface area contributed by atoms with Gasteiger partial charge in [0.05, 0.1) is 0 Å². The van der Waals surface area contributed by atoms with Crippen LogP contribution in [0.1, 0.15) is 45.4 Å². The number of rotatable bonds is 3. The van der Waals surface area contributed by atoms with Crippen molar-refractivity contribution >= 4 is 17.3 Å². The first-order valence-electron chi connectivity index (χ1n) is 5.37. The standard InChI is InChI=1S/C10H20N2S/c1-2-8-11-10(13)12-9-6-4-3-5-7-9/h9H,2-8H2,1H3,(H2,11,12,13). The summed E-state index contributed by atoms with van der Waals surface area (Å²) < 4.78 is 0. The zero-order valence-corrected chi connectivity index (χ0v) is 9.25. The molecular weight excluding hydrogens is 180 g/mol. The molecule has 3 heteroatoms. The second kappa shape index (κ2) is 6.19. The minimum Gasteiger partial charge on any atom is -0.363 e. The van der Waals surface area contributed by atoms with E-state index in [2.05, 4.69) is 17.6 Å². The Hall–Kier alpha value is -0.310. The molecule has 1 rings (SSSR count). The molecule has 0 aromatic carbocycles. The summed E-state index contributed by atoms with van der Waals surface area (Å²) in [6, 6.07) is 0.630. The summed E-state index contributed by atoms with van der Waals surface area (Å²) in [5.74, 6) is 0. The maximum absolute atomic E-state index is 5.18. The van der Waals surface area contributed by atoms with Crippen LogP contribution in [0.2, 0.25) is 0 Å². The average molecular weight is 200 g/mol. The highest BCUT2D eigenvalue weighted by Crippen LogP contribution is 2.16. The topological polar surface area (TPSA) is 24.1 Å². The van der Waals surface area contributed by atoms with Crippen LogP contribution in [-0.2, 0) is 0 Å². The van der Waals surface area contributed by atoms with Crippen LogP contribution in [-0.4, -0.2) is 17.7 Å². The van der Waals surface area contributed by atoms with Crippen molar-refractivity contribution in [1.82, 2.24) is 10.6 Å². The molecule has 0 radical (unpaired) electrons. The zero-order valence-electron chi connectivity index (χ0n) is 8.44. The summed E-state index contributed by atoms with van der Waals surface area (Å²) in [6.45, 7) is 3.13. The zero-order chi connectivity index (χ0) is 9.52. The van der Waals surface area contributed by atoms with Gasteiger partial charge in [0.25, 0.3) is 0 Å². The van der Waals surface area contributed by atoms with E-state index in [1.54, 1.807) is 0 Å². The second-order valence-corrected chi connectivity index (χ2v) is 4.14. The minimum atomic E-state index is 0.630. The predicted octanol–water partition coefficient (Wildman–Crippen LogP) is 2.19. The molecule has 0 saturated heterocycles. The van der Waals surface area contributed by atoms with Gasteiger partial charge in [0.1, 0.15) is 0 Å². The highest BCUT2D eigenvalue weighted by molar-refractivity contribution is 7.80. The van der Waals surface area contributed by atoms with Crippen LogP contribution in [0.15, 0.2) is 0 Å². The molecule has 1 saturated carbocycles. The first-order chi connectivity index (χ1) is 6.33. The van der Waals surface area contributed by atoms with Gasteiger partial charge in [-0.1, -0.05) is 26.2 Å². The number of hydrogen-bond donors (Lipinski definition) is 2. The van der Waals surface area contributed by atoms with E-state index in [1.807, 2.05) is 0 Å². The third kappa shape index (κ3) is 4.46. The lowest BCUT2D eigenvalue weighted by molar-refractivity contribution is 0.412. The monoisotopic (exact) mass is 200 g/mol. The van der Waals surface area contributed by atoms with E-state index in [0.29, 0.717) is 6.04 Å². The summed E-state index contributed by atoms with van der Waals surface area (Å²) >= 11 is 5.18. The van der Waals surface area contributed by atoms with Crippen molar-refractivity contribution in [2.45, 2.75) is 51.5 Å². The lowest BCUT2D eigenvalue weighted by Crippen LogP contribution is -2.42. The Labute approximate surface area is 86.5 Å². The lowest BCUT2D eigenvalue weighted by Gasteiger charge is -2.24. The van der Waals surface area contributed by atoms with Crippen LogP contribution in [0, 0.1) is 0 Å². The van der Waals surface area contributed by atoms with Crippen molar-refractivity contribution < 1.29 is 0 Å². The van der Waals surface area contributed by atoms with Crippen LogP contribution >= 0.6 is 12.2 Å². The van der Waals surface area contributed by atoms with E-state index >= 15 is 0 Å². The van der Waals surface area contributed by atoms with E-state index < -0.39 is 0 Å². The van der Waals surface area contributed by atoms with Gasteiger partial charge in [0.2, 0.25) is 0 Å². The number of nitrogens with one attached hydrogen (secondary N) is 2. The molecule has 2 nitrogen and oxygen atoms in total. The highest BCUT2D eigenvalue weighted by Gasteiger charge is 2.13. The average Bonchev–Trinajstić information content (AvgIpc) is 2.16. The van der Waals surface area contributed by atoms with E-state index in [4.69, 9.17) is 12.2 Å². The normalized spacial score (nSPS) is 18.2.